The smallest absolute Gasteiger partial charge is 0.119 e. The molecule has 4 heteroatoms. The SMILES string of the molecule is CNC(c1ccc(OC2CC2)cc1)c1csc(Br)c1. The molecule has 0 amide bonds. The zero-order valence-corrected chi connectivity index (χ0v) is 13.1. The minimum absolute atomic E-state index is 0.234. The second kappa shape index (κ2) is 5.65. The Morgan fingerprint density at radius 2 is 2.00 bits per heavy atom. The van der Waals surface area contributed by atoms with Crippen molar-refractivity contribution in [2.45, 2.75) is 25.0 Å². The van der Waals surface area contributed by atoms with Crippen LogP contribution in [-0.2, 0) is 0 Å². The van der Waals surface area contributed by atoms with Gasteiger partial charge < -0.3 is 10.1 Å². The highest BCUT2D eigenvalue weighted by atomic mass is 79.9. The molecule has 0 aliphatic heterocycles. The van der Waals surface area contributed by atoms with Crippen LogP contribution in [0.3, 0.4) is 0 Å². The van der Waals surface area contributed by atoms with E-state index >= 15 is 0 Å². The van der Waals surface area contributed by atoms with E-state index in [2.05, 4.69) is 57.0 Å². The van der Waals surface area contributed by atoms with Gasteiger partial charge in [-0.1, -0.05) is 12.1 Å². The standard InChI is InChI=1S/C15H16BrNOS/c1-17-15(11-8-14(16)19-9-11)10-2-4-12(5-3-10)18-13-6-7-13/h2-5,8-9,13,15,17H,6-7H2,1H3. The Morgan fingerprint density at radius 3 is 2.53 bits per heavy atom. The maximum Gasteiger partial charge on any atom is 0.119 e. The molecule has 1 aliphatic carbocycles. The van der Waals surface area contributed by atoms with E-state index in [9.17, 15) is 0 Å². The van der Waals surface area contributed by atoms with Gasteiger partial charge in [-0.25, -0.2) is 0 Å². The predicted octanol–water partition coefficient (Wildman–Crippen LogP) is 4.36. The van der Waals surface area contributed by atoms with Gasteiger partial charge in [0.1, 0.15) is 5.75 Å². The first-order valence-corrected chi connectivity index (χ1v) is 8.11. The van der Waals surface area contributed by atoms with Gasteiger partial charge >= 0.3 is 0 Å². The normalized spacial score (nSPS) is 16.3. The summed E-state index contributed by atoms with van der Waals surface area (Å²) in [5, 5.41) is 5.55. The summed E-state index contributed by atoms with van der Waals surface area (Å²) in [7, 11) is 1.99. The zero-order valence-electron chi connectivity index (χ0n) is 10.7. The molecular weight excluding hydrogens is 322 g/mol. The van der Waals surface area contributed by atoms with Gasteiger partial charge in [0.25, 0.3) is 0 Å². The molecule has 1 aliphatic rings. The Kier molecular flexibility index (Phi) is 3.91. The van der Waals surface area contributed by atoms with Crippen LogP contribution in [0.15, 0.2) is 39.5 Å². The maximum absolute atomic E-state index is 5.78. The van der Waals surface area contributed by atoms with Gasteiger partial charge in [-0.3, -0.25) is 0 Å². The second-order valence-corrected chi connectivity index (χ2v) is 7.08. The summed E-state index contributed by atoms with van der Waals surface area (Å²) in [5.41, 5.74) is 2.55. The Bertz CT molecular complexity index is 548. The quantitative estimate of drug-likeness (QED) is 0.875. The lowest BCUT2D eigenvalue weighted by molar-refractivity contribution is 0.303. The van der Waals surface area contributed by atoms with Gasteiger partial charge in [0.15, 0.2) is 0 Å². The Labute approximate surface area is 125 Å². The fraction of sp³-hybridized carbons (Fsp3) is 0.333. The third-order valence-corrected chi connectivity index (χ3v) is 4.77. The summed E-state index contributed by atoms with van der Waals surface area (Å²) in [4.78, 5) is 0. The molecule has 2 nitrogen and oxygen atoms in total. The summed E-state index contributed by atoms with van der Waals surface area (Å²) in [6, 6.07) is 10.8. The van der Waals surface area contributed by atoms with Crippen LogP contribution in [-0.4, -0.2) is 13.2 Å². The minimum atomic E-state index is 0.234. The van der Waals surface area contributed by atoms with Crippen molar-refractivity contribution in [1.29, 1.82) is 0 Å². The average molecular weight is 338 g/mol. The summed E-state index contributed by atoms with van der Waals surface area (Å²) in [6.45, 7) is 0. The van der Waals surface area contributed by atoms with Crippen LogP contribution >= 0.6 is 27.3 Å². The molecule has 0 spiro atoms. The molecule has 1 atom stereocenters. The highest BCUT2D eigenvalue weighted by molar-refractivity contribution is 9.11. The first-order valence-electron chi connectivity index (χ1n) is 6.44. The first-order chi connectivity index (χ1) is 9.26. The van der Waals surface area contributed by atoms with Gasteiger partial charge in [0, 0.05) is 0 Å². The number of hydrogen-bond acceptors (Lipinski definition) is 3. The number of hydrogen-bond donors (Lipinski definition) is 1. The summed E-state index contributed by atoms with van der Waals surface area (Å²) in [6.07, 6.45) is 2.85. The fourth-order valence-corrected chi connectivity index (χ4v) is 3.32. The van der Waals surface area contributed by atoms with Crippen molar-refractivity contribution in [2.75, 3.05) is 7.05 Å². The van der Waals surface area contributed by atoms with E-state index in [0.29, 0.717) is 6.10 Å². The topological polar surface area (TPSA) is 21.3 Å². The Balaban J connectivity index is 1.78. The van der Waals surface area contributed by atoms with E-state index in [1.54, 1.807) is 11.3 Å². The first kappa shape index (κ1) is 13.2. The molecule has 0 saturated heterocycles. The highest BCUT2D eigenvalue weighted by Gasteiger charge is 2.23. The molecule has 1 aromatic carbocycles. The molecule has 1 fully saturated rings. The van der Waals surface area contributed by atoms with Crippen molar-refractivity contribution in [2.24, 2.45) is 0 Å². The lowest BCUT2D eigenvalue weighted by Gasteiger charge is -2.16. The summed E-state index contributed by atoms with van der Waals surface area (Å²) >= 11 is 5.23. The second-order valence-electron chi connectivity index (χ2n) is 4.79. The van der Waals surface area contributed by atoms with Crippen molar-refractivity contribution < 1.29 is 4.74 Å². The van der Waals surface area contributed by atoms with Crippen molar-refractivity contribution in [3.05, 3.63) is 50.6 Å². The van der Waals surface area contributed by atoms with Gasteiger partial charge in [-0.2, -0.15) is 0 Å². The van der Waals surface area contributed by atoms with Crippen LogP contribution in [0.1, 0.15) is 30.0 Å². The minimum Gasteiger partial charge on any atom is -0.490 e. The monoisotopic (exact) mass is 337 g/mol. The summed E-state index contributed by atoms with van der Waals surface area (Å²) in [5.74, 6) is 0.979. The molecular formula is C15H16BrNOS. The number of halogens is 1. The Hall–Kier alpha value is -0.840. The third kappa shape index (κ3) is 3.19. The van der Waals surface area contributed by atoms with E-state index < -0.39 is 0 Å². The molecule has 1 N–H and O–H groups in total. The maximum atomic E-state index is 5.78. The van der Waals surface area contributed by atoms with Crippen molar-refractivity contribution in [3.8, 4) is 5.75 Å². The van der Waals surface area contributed by atoms with Crippen LogP contribution < -0.4 is 10.1 Å². The van der Waals surface area contributed by atoms with E-state index in [1.165, 1.54) is 24.0 Å². The number of thiophene rings is 1. The van der Waals surface area contributed by atoms with E-state index in [0.717, 1.165) is 9.54 Å². The fourth-order valence-electron chi connectivity index (χ4n) is 2.12. The van der Waals surface area contributed by atoms with E-state index in [-0.39, 0.29) is 6.04 Å². The lowest BCUT2D eigenvalue weighted by atomic mass is 10.0. The van der Waals surface area contributed by atoms with E-state index in [1.807, 2.05) is 7.05 Å². The van der Waals surface area contributed by atoms with Gasteiger partial charge in [0.2, 0.25) is 0 Å². The molecule has 0 bridgehead atoms. The molecule has 1 unspecified atom stereocenters. The molecule has 100 valence electrons. The lowest BCUT2D eigenvalue weighted by Crippen LogP contribution is -2.16. The molecule has 3 rings (SSSR count). The number of rotatable bonds is 5. The van der Waals surface area contributed by atoms with Gasteiger partial charge in [-0.15, -0.1) is 11.3 Å². The van der Waals surface area contributed by atoms with Crippen LogP contribution in [0.5, 0.6) is 5.75 Å². The average Bonchev–Trinajstić information content (AvgIpc) is 3.13. The van der Waals surface area contributed by atoms with Crippen LogP contribution in [0.25, 0.3) is 0 Å². The molecule has 19 heavy (non-hydrogen) atoms. The molecule has 1 heterocycles. The molecule has 1 aromatic heterocycles. The predicted molar refractivity (Wildman–Crippen MR) is 83.0 cm³/mol. The molecule has 1 saturated carbocycles. The van der Waals surface area contributed by atoms with Crippen LogP contribution in [0.4, 0.5) is 0 Å². The van der Waals surface area contributed by atoms with Crippen LogP contribution in [0.2, 0.25) is 0 Å². The summed E-state index contributed by atoms with van der Waals surface area (Å²) < 4.78 is 6.94. The van der Waals surface area contributed by atoms with Crippen LogP contribution in [0, 0.1) is 0 Å². The van der Waals surface area contributed by atoms with Crippen molar-refractivity contribution >= 4 is 27.3 Å². The molecule has 2 aromatic rings. The van der Waals surface area contributed by atoms with Crippen molar-refractivity contribution in [1.82, 2.24) is 5.32 Å². The highest BCUT2D eigenvalue weighted by Crippen LogP contribution is 2.31. The van der Waals surface area contributed by atoms with E-state index in [4.69, 9.17) is 4.74 Å². The largest absolute Gasteiger partial charge is 0.490 e. The molecule has 0 radical (unpaired) electrons. The van der Waals surface area contributed by atoms with Gasteiger partial charge in [0.05, 0.1) is 15.9 Å². The third-order valence-electron chi connectivity index (χ3n) is 3.25. The van der Waals surface area contributed by atoms with Gasteiger partial charge in [-0.05, 0) is 70.5 Å². The number of benzene rings is 1. The van der Waals surface area contributed by atoms with Crippen molar-refractivity contribution in [3.63, 3.8) is 0 Å². The number of nitrogens with one attached hydrogen (secondary N) is 1. The number of ether oxygens (including phenoxy) is 1. The Morgan fingerprint density at radius 1 is 1.26 bits per heavy atom. The zero-order chi connectivity index (χ0) is 13.2.